The highest BCUT2D eigenvalue weighted by Crippen LogP contribution is 2.55. The molecule has 0 radical (unpaired) electrons. The Labute approximate surface area is 214 Å². The average molecular weight is 495 g/mol. The van der Waals surface area contributed by atoms with Crippen molar-refractivity contribution in [2.24, 2.45) is 23.7 Å². The maximum Gasteiger partial charge on any atom is 0.315 e. The Kier molecular flexibility index (Phi) is 6.24. The number of hydrogen-bond donors (Lipinski definition) is 2. The number of hydrogen-bond acceptors (Lipinski definition) is 3. The quantitative estimate of drug-likeness (QED) is 0.476. The number of carbonyl (C=O) groups excluding carboxylic acids is 1. The summed E-state index contributed by atoms with van der Waals surface area (Å²) in [6, 6.07) is 4.31. The van der Waals surface area contributed by atoms with Crippen LogP contribution in [0.5, 0.6) is 0 Å². The van der Waals surface area contributed by atoms with Gasteiger partial charge in [-0.2, -0.15) is 0 Å². The third-order valence-corrected chi connectivity index (χ3v) is 10.5. The van der Waals surface area contributed by atoms with E-state index < -0.39 is 0 Å². The van der Waals surface area contributed by atoms with E-state index in [9.17, 15) is 4.79 Å². The van der Waals surface area contributed by atoms with E-state index in [-0.39, 0.29) is 17.6 Å². The summed E-state index contributed by atoms with van der Waals surface area (Å²) in [7, 11) is 2.21. The van der Waals surface area contributed by atoms with Crippen LogP contribution in [0.1, 0.15) is 87.3 Å². The molecule has 1 atom stereocenters. The number of aromatic nitrogens is 1. The molecule has 5 nitrogen and oxygen atoms in total. The number of urea groups is 1. The molecule has 3 heterocycles. The van der Waals surface area contributed by atoms with E-state index >= 15 is 0 Å². The number of amides is 2. The average Bonchev–Trinajstić information content (AvgIpc) is 3.42. The molecule has 1 aliphatic heterocycles. The maximum absolute atomic E-state index is 13.7. The van der Waals surface area contributed by atoms with Gasteiger partial charge in [-0.1, -0.05) is 13.8 Å². The summed E-state index contributed by atoms with van der Waals surface area (Å²) in [6.45, 7) is 6.66. The molecule has 6 heteroatoms. The van der Waals surface area contributed by atoms with Gasteiger partial charge in [0.2, 0.25) is 0 Å². The molecule has 35 heavy (non-hydrogen) atoms. The van der Waals surface area contributed by atoms with Crippen molar-refractivity contribution in [3.05, 3.63) is 40.5 Å². The highest BCUT2D eigenvalue weighted by molar-refractivity contribution is 7.15. The van der Waals surface area contributed by atoms with Crippen LogP contribution in [0.15, 0.2) is 24.5 Å². The molecule has 4 saturated carbocycles. The first-order chi connectivity index (χ1) is 16.9. The second-order valence-corrected chi connectivity index (χ2v) is 13.7. The van der Waals surface area contributed by atoms with Crippen LogP contribution in [0.2, 0.25) is 0 Å². The topological polar surface area (TPSA) is 49.3 Å². The smallest absolute Gasteiger partial charge is 0.315 e. The molecule has 2 aromatic rings. The fourth-order valence-electron chi connectivity index (χ4n) is 8.05. The zero-order valence-corrected chi connectivity index (χ0v) is 22.5. The number of thiophene rings is 1. The summed E-state index contributed by atoms with van der Waals surface area (Å²) in [6.07, 6.45) is 15.2. The van der Waals surface area contributed by atoms with E-state index in [0.29, 0.717) is 5.92 Å². The van der Waals surface area contributed by atoms with Gasteiger partial charge in [-0.05, 0) is 106 Å². The van der Waals surface area contributed by atoms with Crippen LogP contribution in [-0.4, -0.2) is 34.6 Å². The SMILES string of the molecule is CC(C)CC[C@H](NC(=O)NC12CC3CC(CC(C3)C1)C2)c1c(-n2cccc2)sc2c1CCN(C)C2. The lowest BCUT2D eigenvalue weighted by Crippen LogP contribution is -2.61. The maximum atomic E-state index is 13.7. The first-order valence-corrected chi connectivity index (χ1v) is 14.7. The highest BCUT2D eigenvalue weighted by Gasteiger charge is 2.51. The van der Waals surface area contributed by atoms with Crippen molar-refractivity contribution in [1.82, 2.24) is 20.1 Å². The van der Waals surface area contributed by atoms with Crippen LogP contribution in [0, 0.1) is 23.7 Å². The summed E-state index contributed by atoms with van der Waals surface area (Å²) >= 11 is 1.92. The first-order valence-electron chi connectivity index (χ1n) is 13.9. The van der Waals surface area contributed by atoms with Crippen molar-refractivity contribution in [3.63, 3.8) is 0 Å². The molecule has 2 aromatic heterocycles. The number of nitrogens with one attached hydrogen (secondary N) is 2. The normalized spacial score (nSPS) is 30.5. The van der Waals surface area contributed by atoms with Crippen molar-refractivity contribution in [2.75, 3.05) is 13.6 Å². The van der Waals surface area contributed by atoms with Gasteiger partial charge in [-0.3, -0.25) is 0 Å². The second kappa shape index (κ2) is 9.26. The second-order valence-electron chi connectivity index (χ2n) is 12.6. The fourth-order valence-corrected chi connectivity index (χ4v) is 9.51. The molecular formula is C29H42N4OS. The zero-order valence-electron chi connectivity index (χ0n) is 21.7. The minimum Gasteiger partial charge on any atom is -0.333 e. The summed E-state index contributed by atoms with van der Waals surface area (Å²) in [5, 5.41) is 8.42. The van der Waals surface area contributed by atoms with Crippen molar-refractivity contribution in [1.29, 1.82) is 0 Å². The molecule has 4 aliphatic carbocycles. The lowest BCUT2D eigenvalue weighted by atomic mass is 9.53. The molecule has 0 spiro atoms. The molecular weight excluding hydrogens is 452 g/mol. The predicted molar refractivity (Wildman–Crippen MR) is 143 cm³/mol. The van der Waals surface area contributed by atoms with Gasteiger partial charge in [0.1, 0.15) is 5.00 Å². The van der Waals surface area contributed by atoms with Gasteiger partial charge in [0.05, 0.1) is 6.04 Å². The zero-order chi connectivity index (χ0) is 24.2. The molecule has 0 saturated heterocycles. The monoisotopic (exact) mass is 494 g/mol. The van der Waals surface area contributed by atoms with E-state index in [1.807, 2.05) is 11.3 Å². The van der Waals surface area contributed by atoms with Crippen molar-refractivity contribution < 1.29 is 4.79 Å². The molecule has 2 N–H and O–H groups in total. The van der Waals surface area contributed by atoms with E-state index in [4.69, 9.17) is 0 Å². The molecule has 0 unspecified atom stereocenters. The van der Waals surface area contributed by atoms with Crippen LogP contribution in [0.4, 0.5) is 4.79 Å². The number of fused-ring (bicyclic) bond motifs is 1. The van der Waals surface area contributed by atoms with Gasteiger partial charge in [-0.15, -0.1) is 11.3 Å². The van der Waals surface area contributed by atoms with Gasteiger partial charge >= 0.3 is 6.03 Å². The summed E-state index contributed by atoms with van der Waals surface area (Å²) in [5.41, 5.74) is 2.90. The number of likely N-dealkylation sites (N-methyl/N-ethyl adjacent to an activating group) is 1. The Bertz CT molecular complexity index is 1020. The van der Waals surface area contributed by atoms with Gasteiger partial charge in [-0.25, -0.2) is 4.79 Å². The Morgan fingerprint density at radius 1 is 1.09 bits per heavy atom. The van der Waals surface area contributed by atoms with Crippen LogP contribution in [-0.2, 0) is 13.0 Å². The third kappa shape index (κ3) is 4.69. The van der Waals surface area contributed by atoms with Crippen LogP contribution < -0.4 is 10.6 Å². The van der Waals surface area contributed by atoms with Gasteiger partial charge in [0.25, 0.3) is 0 Å². The van der Waals surface area contributed by atoms with Gasteiger partial charge in [0, 0.05) is 41.5 Å². The van der Waals surface area contributed by atoms with Crippen molar-refractivity contribution in [2.45, 2.75) is 89.8 Å². The molecule has 4 fully saturated rings. The predicted octanol–water partition coefficient (Wildman–Crippen LogP) is 6.27. The molecule has 7 rings (SSSR count). The summed E-state index contributed by atoms with van der Waals surface area (Å²) in [5.74, 6) is 3.11. The number of carbonyl (C=O) groups is 1. The minimum absolute atomic E-state index is 0.0431. The number of nitrogens with zero attached hydrogens (tertiary/aromatic N) is 2. The summed E-state index contributed by atoms with van der Waals surface area (Å²) < 4.78 is 2.26. The third-order valence-electron chi connectivity index (χ3n) is 9.21. The highest BCUT2D eigenvalue weighted by atomic mass is 32.1. The van der Waals surface area contributed by atoms with E-state index in [2.05, 4.69) is 65.5 Å². The molecule has 4 bridgehead atoms. The fraction of sp³-hybridized carbons (Fsp3) is 0.690. The lowest BCUT2D eigenvalue weighted by molar-refractivity contribution is -0.0136. The van der Waals surface area contributed by atoms with Crippen LogP contribution in [0.25, 0.3) is 5.00 Å². The van der Waals surface area contributed by atoms with Crippen molar-refractivity contribution in [3.8, 4) is 5.00 Å². The Hall–Kier alpha value is -1.79. The van der Waals surface area contributed by atoms with E-state index in [1.165, 1.54) is 59.5 Å². The van der Waals surface area contributed by atoms with Crippen LogP contribution >= 0.6 is 11.3 Å². The lowest BCUT2D eigenvalue weighted by Gasteiger charge is -2.56. The standard InChI is InChI=1S/C29H42N4OS/c1-19(2)6-7-24(30-28(34)31-29-15-20-12-21(16-29)14-22(13-20)17-29)26-23-8-11-32(3)18-25(23)35-27(26)33-9-4-5-10-33/h4-5,9-10,19-22,24H,6-8,11-18H2,1-3H3,(H2,30,31,34)/t20?,21?,22?,24-,29?/m0/s1. The van der Waals surface area contributed by atoms with Gasteiger partial charge < -0.3 is 20.1 Å². The largest absolute Gasteiger partial charge is 0.333 e. The molecule has 5 aliphatic rings. The Morgan fingerprint density at radius 2 is 1.74 bits per heavy atom. The van der Waals surface area contributed by atoms with Crippen LogP contribution in [0.3, 0.4) is 0 Å². The molecule has 2 amide bonds. The van der Waals surface area contributed by atoms with Gasteiger partial charge in [0.15, 0.2) is 0 Å². The molecule has 190 valence electrons. The van der Waals surface area contributed by atoms with E-state index in [0.717, 1.165) is 50.1 Å². The minimum atomic E-state index is 0.0431. The van der Waals surface area contributed by atoms with E-state index in [1.54, 1.807) is 0 Å². The number of rotatable bonds is 7. The Morgan fingerprint density at radius 3 is 2.37 bits per heavy atom. The Balaban J connectivity index is 1.29. The summed E-state index contributed by atoms with van der Waals surface area (Å²) in [4.78, 5) is 17.5. The molecule has 0 aromatic carbocycles. The first kappa shape index (κ1) is 23.6. The van der Waals surface area contributed by atoms with Crippen molar-refractivity contribution >= 4 is 17.4 Å².